The Morgan fingerprint density at radius 1 is 1.19 bits per heavy atom. The molecule has 0 aromatic rings. The van der Waals surface area contributed by atoms with Crippen LogP contribution in [0.3, 0.4) is 0 Å². The van der Waals surface area contributed by atoms with E-state index in [-0.39, 0.29) is 13.0 Å². The van der Waals surface area contributed by atoms with Gasteiger partial charge < -0.3 is 39.0 Å². The molecule has 1 saturated carbocycles. The first-order valence-corrected chi connectivity index (χ1v) is 12.5. The summed E-state index contributed by atoms with van der Waals surface area (Å²) in [5.74, 6) is -6.71. The summed E-state index contributed by atoms with van der Waals surface area (Å²) in [6.07, 6.45) is -1.55. The van der Waals surface area contributed by atoms with Crippen molar-refractivity contribution in [3.63, 3.8) is 0 Å². The lowest BCUT2D eigenvalue weighted by atomic mass is 9.38. The van der Waals surface area contributed by atoms with E-state index in [0.717, 1.165) is 7.11 Å². The summed E-state index contributed by atoms with van der Waals surface area (Å²) in [5.41, 5.74) is -6.54. The van der Waals surface area contributed by atoms with Crippen LogP contribution in [0, 0.1) is 28.1 Å². The first kappa shape index (κ1) is 25.0. The zero-order chi connectivity index (χ0) is 27.1. The highest BCUT2D eigenvalue weighted by Crippen LogP contribution is 2.78. The normalized spacial score (nSPS) is 51.5. The Bertz CT molecular complexity index is 1200. The summed E-state index contributed by atoms with van der Waals surface area (Å²) in [6.45, 7) is 8.03. The fraction of sp³-hybridized carbons (Fsp3) is 0.731. The maximum absolute atomic E-state index is 14.1. The molecule has 0 aromatic carbocycles. The van der Waals surface area contributed by atoms with Crippen LogP contribution in [-0.2, 0) is 38.1 Å². The average molecular weight is 521 g/mol. The van der Waals surface area contributed by atoms with Crippen molar-refractivity contribution in [2.75, 3.05) is 13.7 Å². The third-order valence-electron chi connectivity index (χ3n) is 10.2. The molecule has 1 spiro atoms. The molecule has 37 heavy (non-hydrogen) atoms. The number of hydrogen-bond acceptors (Lipinski definition) is 11. The van der Waals surface area contributed by atoms with Gasteiger partial charge in [-0.2, -0.15) is 0 Å². The second kappa shape index (κ2) is 6.81. The van der Waals surface area contributed by atoms with Gasteiger partial charge in [0.1, 0.15) is 22.7 Å². The summed E-state index contributed by atoms with van der Waals surface area (Å²) in [6, 6.07) is 0. The number of methoxy groups -OCH3 is 1. The van der Waals surface area contributed by atoms with E-state index in [1.165, 1.54) is 19.1 Å². The molecule has 6 rings (SSSR count). The third-order valence-corrected chi connectivity index (χ3v) is 10.2. The summed E-state index contributed by atoms with van der Waals surface area (Å²) in [5, 5.41) is 35.1. The van der Waals surface area contributed by atoms with E-state index in [4.69, 9.17) is 23.7 Å². The molecule has 10 atom stereocenters. The maximum atomic E-state index is 14.1. The van der Waals surface area contributed by atoms with Crippen molar-refractivity contribution in [2.45, 2.75) is 76.5 Å². The van der Waals surface area contributed by atoms with E-state index in [1.807, 2.05) is 0 Å². The fourth-order valence-corrected chi connectivity index (χ4v) is 8.46. The number of aliphatic hydroxyl groups is 3. The molecule has 4 aliphatic heterocycles. The number of aliphatic hydroxyl groups excluding tert-OH is 2. The molecule has 0 aromatic heterocycles. The van der Waals surface area contributed by atoms with Gasteiger partial charge in [-0.3, -0.25) is 9.59 Å². The van der Waals surface area contributed by atoms with Crippen molar-refractivity contribution in [3.8, 4) is 0 Å². The largest absolute Gasteiger partial charge is 0.468 e. The SMILES string of the molecule is COC(=O)[C@@]12[C@@H]3[C@H](OC(=O)[C@]3(C)C[C@@H]3[C@]1(C)[C@H](O)C=C1C(=CC(=O)OC1(C)C)[C@@]31CO1)O[C@@]2(O)[C@@H](C)O. The van der Waals surface area contributed by atoms with E-state index in [9.17, 15) is 29.7 Å². The van der Waals surface area contributed by atoms with Crippen molar-refractivity contribution in [3.05, 3.63) is 23.3 Å². The Hall–Kier alpha value is -2.31. The molecule has 202 valence electrons. The first-order valence-electron chi connectivity index (χ1n) is 12.5. The lowest BCUT2D eigenvalue weighted by Crippen LogP contribution is -2.75. The monoisotopic (exact) mass is 520 g/mol. The smallest absolute Gasteiger partial charge is 0.332 e. The minimum absolute atomic E-state index is 0.0898. The zero-order valence-corrected chi connectivity index (χ0v) is 21.6. The van der Waals surface area contributed by atoms with Crippen LogP contribution in [0.5, 0.6) is 0 Å². The number of hydrogen-bond donors (Lipinski definition) is 3. The van der Waals surface area contributed by atoms with E-state index in [0.29, 0.717) is 11.1 Å². The van der Waals surface area contributed by atoms with Gasteiger partial charge in [-0.1, -0.05) is 6.92 Å². The van der Waals surface area contributed by atoms with Crippen molar-refractivity contribution < 1.29 is 53.4 Å². The van der Waals surface area contributed by atoms with Gasteiger partial charge in [0.25, 0.3) is 0 Å². The summed E-state index contributed by atoms with van der Waals surface area (Å²) in [7, 11) is 1.14. The summed E-state index contributed by atoms with van der Waals surface area (Å²) >= 11 is 0. The molecular formula is C26H32O11. The number of ether oxygens (including phenoxy) is 5. The molecule has 11 heteroatoms. The Balaban J connectivity index is 1.73. The number of epoxide rings is 1. The Labute approximate surface area is 213 Å². The minimum Gasteiger partial charge on any atom is -0.468 e. The quantitative estimate of drug-likeness (QED) is 0.257. The third kappa shape index (κ3) is 2.44. The van der Waals surface area contributed by atoms with Gasteiger partial charge in [0.2, 0.25) is 12.1 Å². The molecule has 0 unspecified atom stereocenters. The summed E-state index contributed by atoms with van der Waals surface area (Å²) in [4.78, 5) is 40.1. The van der Waals surface area contributed by atoms with Crippen LogP contribution in [0.25, 0.3) is 0 Å². The molecule has 4 fully saturated rings. The number of cyclic esters (lactones) is 1. The van der Waals surface area contributed by atoms with Gasteiger partial charge in [0, 0.05) is 23.0 Å². The zero-order valence-electron chi connectivity index (χ0n) is 21.6. The predicted octanol–water partition coefficient (Wildman–Crippen LogP) is 0.109. The van der Waals surface area contributed by atoms with Gasteiger partial charge >= 0.3 is 17.9 Å². The molecule has 0 amide bonds. The molecule has 3 N–H and O–H groups in total. The fourth-order valence-electron chi connectivity index (χ4n) is 8.46. The first-order chi connectivity index (χ1) is 17.1. The van der Waals surface area contributed by atoms with Crippen molar-refractivity contribution >= 4 is 17.9 Å². The number of carbonyl (C=O) groups excluding carboxylic acids is 3. The second-order valence-electron chi connectivity index (χ2n) is 12.2. The predicted molar refractivity (Wildman–Crippen MR) is 121 cm³/mol. The standard InChI is InChI=1S/C26H32O11/c1-11(27)26(32)25(20(31)33-6)17-18(37-26)35-19(30)22(17,4)9-14-23(25,5)15(28)7-12-13(24(14)10-34-24)8-16(29)36-21(12,2)3/h7-8,11,14-15,17-18,27-28,32H,9-10H2,1-6H3/t11-,14-,15-,17-,18-,22-,23-,24+,25+,26+/m1/s1. The topological polar surface area (TPSA) is 161 Å². The number of rotatable bonds is 2. The average Bonchev–Trinajstić information content (AvgIpc) is 3.50. The molecule has 2 aliphatic carbocycles. The number of carbonyl (C=O) groups is 3. The molecule has 4 heterocycles. The van der Waals surface area contributed by atoms with E-state index < -0.39 is 81.5 Å². The van der Waals surface area contributed by atoms with Gasteiger partial charge in [0.15, 0.2) is 0 Å². The van der Waals surface area contributed by atoms with Crippen LogP contribution in [-0.4, -0.2) is 82.4 Å². The minimum atomic E-state index is -2.61. The second-order valence-corrected chi connectivity index (χ2v) is 12.2. The molecule has 0 radical (unpaired) electrons. The van der Waals surface area contributed by atoms with Crippen molar-refractivity contribution in [1.29, 1.82) is 0 Å². The molecule has 6 aliphatic rings. The highest BCUT2D eigenvalue weighted by Gasteiger charge is 2.91. The van der Waals surface area contributed by atoms with Gasteiger partial charge in [-0.25, -0.2) is 4.79 Å². The maximum Gasteiger partial charge on any atom is 0.332 e. The molecular weight excluding hydrogens is 488 g/mol. The Morgan fingerprint density at radius 2 is 1.84 bits per heavy atom. The highest BCUT2D eigenvalue weighted by atomic mass is 16.8. The number of fused-ring (bicyclic) bond motifs is 5. The summed E-state index contributed by atoms with van der Waals surface area (Å²) < 4.78 is 28.4. The Morgan fingerprint density at radius 3 is 2.41 bits per heavy atom. The molecule has 3 saturated heterocycles. The Kier molecular flexibility index (Phi) is 4.60. The van der Waals surface area contributed by atoms with Gasteiger partial charge in [-0.15, -0.1) is 0 Å². The lowest BCUT2D eigenvalue weighted by Gasteiger charge is -2.63. The molecule has 11 nitrogen and oxygen atoms in total. The van der Waals surface area contributed by atoms with Crippen molar-refractivity contribution in [1.82, 2.24) is 0 Å². The van der Waals surface area contributed by atoms with Gasteiger partial charge in [-0.05, 0) is 45.8 Å². The van der Waals surface area contributed by atoms with Crippen LogP contribution < -0.4 is 0 Å². The van der Waals surface area contributed by atoms with Crippen molar-refractivity contribution in [2.24, 2.45) is 28.1 Å². The molecule has 0 bridgehead atoms. The van der Waals surface area contributed by atoms with Gasteiger partial charge in [0.05, 0.1) is 31.2 Å². The van der Waals surface area contributed by atoms with Crippen LogP contribution >= 0.6 is 0 Å². The van der Waals surface area contributed by atoms with Crippen LogP contribution in [0.4, 0.5) is 0 Å². The number of esters is 3. The highest BCUT2D eigenvalue weighted by molar-refractivity contribution is 5.89. The van der Waals surface area contributed by atoms with Crippen LogP contribution in [0.2, 0.25) is 0 Å². The van der Waals surface area contributed by atoms with E-state index in [1.54, 1.807) is 27.7 Å². The lowest BCUT2D eigenvalue weighted by molar-refractivity contribution is -0.339. The van der Waals surface area contributed by atoms with E-state index in [2.05, 4.69) is 0 Å². The van der Waals surface area contributed by atoms with Crippen LogP contribution in [0.15, 0.2) is 23.3 Å². The van der Waals surface area contributed by atoms with E-state index >= 15 is 0 Å². The van der Waals surface area contributed by atoms with Crippen LogP contribution in [0.1, 0.15) is 41.0 Å².